The first kappa shape index (κ1) is 32.0. The van der Waals surface area contributed by atoms with E-state index in [1.54, 1.807) is 25.1 Å². The van der Waals surface area contributed by atoms with Crippen LogP contribution >= 0.6 is 0 Å². The van der Waals surface area contributed by atoms with Crippen molar-refractivity contribution in [2.45, 2.75) is 83.5 Å². The molecule has 44 heavy (non-hydrogen) atoms. The van der Waals surface area contributed by atoms with Gasteiger partial charge >= 0.3 is 0 Å². The molecule has 1 fully saturated rings. The molecule has 0 radical (unpaired) electrons. The van der Waals surface area contributed by atoms with Gasteiger partial charge < -0.3 is 9.47 Å². The Labute approximate surface area is 255 Å². The molecule has 0 bridgehead atoms. The molecule has 8 heteroatoms. The molecule has 5 rings (SSSR count). The van der Waals surface area contributed by atoms with Crippen molar-refractivity contribution >= 4 is 5.57 Å². The van der Waals surface area contributed by atoms with Gasteiger partial charge in [0.25, 0.3) is 0 Å². The second-order valence-electron chi connectivity index (χ2n) is 11.9. The second-order valence-corrected chi connectivity index (χ2v) is 11.9. The summed E-state index contributed by atoms with van der Waals surface area (Å²) in [6.07, 6.45) is 6.93. The lowest BCUT2D eigenvalue weighted by Gasteiger charge is -2.29. The van der Waals surface area contributed by atoms with Crippen molar-refractivity contribution in [2.24, 2.45) is 5.92 Å². The maximum absolute atomic E-state index is 15.2. The van der Waals surface area contributed by atoms with Crippen molar-refractivity contribution in [3.8, 4) is 11.5 Å². The van der Waals surface area contributed by atoms with Crippen LogP contribution in [-0.2, 0) is 6.42 Å². The maximum atomic E-state index is 15.2. The Hall–Kier alpha value is -3.42. The van der Waals surface area contributed by atoms with Gasteiger partial charge in [0.05, 0.1) is 13.2 Å². The lowest BCUT2D eigenvalue weighted by molar-refractivity contribution is 0.191. The van der Waals surface area contributed by atoms with Crippen LogP contribution in [0.25, 0.3) is 5.57 Å². The van der Waals surface area contributed by atoms with E-state index in [9.17, 15) is 17.6 Å². The van der Waals surface area contributed by atoms with Gasteiger partial charge in [-0.15, -0.1) is 0 Å². The molecule has 236 valence electrons. The van der Waals surface area contributed by atoms with Crippen molar-refractivity contribution in [1.82, 2.24) is 0 Å². The summed E-state index contributed by atoms with van der Waals surface area (Å²) in [7, 11) is 0. The SMILES string of the molecule is CCCc1ccc(C2CCC(COc3ccc(C4CC=C(c5ccc(OCC)c(F)c5F)CC4)c(F)c3F)CC2)c(F)c1F. The van der Waals surface area contributed by atoms with Crippen LogP contribution in [0.1, 0.15) is 99.3 Å². The topological polar surface area (TPSA) is 18.5 Å². The van der Waals surface area contributed by atoms with Crippen molar-refractivity contribution in [3.63, 3.8) is 0 Å². The fourth-order valence-corrected chi connectivity index (χ4v) is 6.61. The molecule has 1 saturated carbocycles. The minimum atomic E-state index is -1.05. The Morgan fingerprint density at radius 1 is 0.636 bits per heavy atom. The van der Waals surface area contributed by atoms with Crippen LogP contribution in [0.4, 0.5) is 26.3 Å². The molecule has 3 aromatic carbocycles. The van der Waals surface area contributed by atoms with Gasteiger partial charge in [-0.1, -0.05) is 37.6 Å². The number of rotatable bonds is 10. The van der Waals surface area contributed by atoms with Crippen LogP contribution in [0.5, 0.6) is 11.5 Å². The summed E-state index contributed by atoms with van der Waals surface area (Å²) < 4.78 is 99.3. The predicted octanol–water partition coefficient (Wildman–Crippen LogP) is 10.6. The number of aryl methyl sites for hydroxylation is 1. The van der Waals surface area contributed by atoms with Crippen LogP contribution in [-0.4, -0.2) is 13.2 Å². The fourth-order valence-electron chi connectivity index (χ4n) is 6.61. The lowest BCUT2D eigenvalue weighted by atomic mass is 9.78. The zero-order valence-electron chi connectivity index (χ0n) is 25.1. The highest BCUT2D eigenvalue weighted by Crippen LogP contribution is 2.41. The molecule has 0 spiro atoms. The Kier molecular flexibility index (Phi) is 10.3. The van der Waals surface area contributed by atoms with Crippen molar-refractivity contribution in [1.29, 1.82) is 0 Å². The molecule has 0 amide bonds. The molecule has 0 aromatic heterocycles. The molecular weight excluding hydrogens is 578 g/mol. The summed E-state index contributed by atoms with van der Waals surface area (Å²) in [5.74, 6) is -6.13. The Morgan fingerprint density at radius 3 is 1.95 bits per heavy atom. The summed E-state index contributed by atoms with van der Waals surface area (Å²) in [6, 6.07) is 9.24. The monoisotopic (exact) mass is 616 g/mol. The third-order valence-corrected chi connectivity index (χ3v) is 9.09. The average molecular weight is 617 g/mol. The first-order valence-electron chi connectivity index (χ1n) is 15.6. The number of benzene rings is 3. The Bertz CT molecular complexity index is 1510. The molecule has 0 saturated heterocycles. The number of hydrogen-bond donors (Lipinski definition) is 0. The Balaban J connectivity index is 1.17. The van der Waals surface area contributed by atoms with E-state index in [2.05, 4.69) is 0 Å². The first-order valence-corrected chi connectivity index (χ1v) is 15.6. The van der Waals surface area contributed by atoms with Gasteiger partial charge in [0, 0.05) is 5.56 Å². The van der Waals surface area contributed by atoms with Gasteiger partial charge in [0.2, 0.25) is 11.6 Å². The zero-order chi connectivity index (χ0) is 31.4. The average Bonchev–Trinajstić information content (AvgIpc) is 3.03. The minimum absolute atomic E-state index is 0.0834. The van der Waals surface area contributed by atoms with Gasteiger partial charge in [0.1, 0.15) is 0 Å². The molecule has 0 aliphatic heterocycles. The molecular formula is C36H38F6O2. The second kappa shape index (κ2) is 14.1. The van der Waals surface area contributed by atoms with E-state index in [1.807, 2.05) is 6.92 Å². The van der Waals surface area contributed by atoms with Gasteiger partial charge in [0.15, 0.2) is 34.8 Å². The molecule has 3 aromatic rings. The van der Waals surface area contributed by atoms with Gasteiger partial charge in [-0.25, -0.2) is 17.6 Å². The fraction of sp³-hybridized carbons (Fsp3) is 0.444. The van der Waals surface area contributed by atoms with Crippen LogP contribution in [0.15, 0.2) is 42.5 Å². The highest BCUT2D eigenvalue weighted by molar-refractivity contribution is 5.68. The van der Waals surface area contributed by atoms with Crippen LogP contribution < -0.4 is 9.47 Å². The third kappa shape index (κ3) is 6.64. The molecule has 2 nitrogen and oxygen atoms in total. The van der Waals surface area contributed by atoms with E-state index < -0.39 is 34.9 Å². The lowest BCUT2D eigenvalue weighted by Crippen LogP contribution is -2.20. The molecule has 2 aliphatic carbocycles. The van der Waals surface area contributed by atoms with E-state index in [1.165, 1.54) is 24.3 Å². The predicted molar refractivity (Wildman–Crippen MR) is 159 cm³/mol. The van der Waals surface area contributed by atoms with Crippen molar-refractivity contribution in [2.75, 3.05) is 13.2 Å². The first-order chi connectivity index (χ1) is 21.2. The van der Waals surface area contributed by atoms with Gasteiger partial charge in [-0.3, -0.25) is 0 Å². The normalized spacial score (nSPS) is 20.4. The van der Waals surface area contributed by atoms with Crippen LogP contribution in [0.3, 0.4) is 0 Å². The molecule has 0 heterocycles. The van der Waals surface area contributed by atoms with Crippen LogP contribution in [0, 0.1) is 40.8 Å². The minimum Gasteiger partial charge on any atom is -0.491 e. The van der Waals surface area contributed by atoms with Crippen molar-refractivity contribution in [3.05, 3.63) is 99.6 Å². The Morgan fingerprint density at radius 2 is 1.27 bits per heavy atom. The van der Waals surface area contributed by atoms with E-state index in [0.717, 1.165) is 6.42 Å². The molecule has 1 unspecified atom stereocenters. The summed E-state index contributed by atoms with van der Waals surface area (Å²) in [4.78, 5) is 0. The van der Waals surface area contributed by atoms with E-state index in [0.29, 0.717) is 68.1 Å². The van der Waals surface area contributed by atoms with E-state index >= 15 is 8.78 Å². The van der Waals surface area contributed by atoms with Crippen LogP contribution in [0.2, 0.25) is 0 Å². The quantitative estimate of drug-likeness (QED) is 0.211. The number of allylic oxidation sites excluding steroid dienone is 2. The number of hydrogen-bond acceptors (Lipinski definition) is 2. The molecule has 2 aliphatic rings. The summed E-state index contributed by atoms with van der Waals surface area (Å²) in [5.41, 5.74) is 1.81. The zero-order valence-corrected chi connectivity index (χ0v) is 25.1. The van der Waals surface area contributed by atoms with Gasteiger partial charge in [-0.2, -0.15) is 8.78 Å². The molecule has 0 N–H and O–H groups in total. The van der Waals surface area contributed by atoms with E-state index in [4.69, 9.17) is 9.47 Å². The van der Waals surface area contributed by atoms with Crippen molar-refractivity contribution < 1.29 is 35.8 Å². The standard InChI is InChI=1S/C36H38F6O2/c1-3-5-25-14-15-26(32(38)31(25)37)22-8-6-21(7-9-22)20-44-30-19-17-28(34(40)36(30)42)24-12-10-23(11-13-24)27-16-18-29(43-4-2)35(41)33(27)39/h10,14-19,21-22,24H,3-9,11-13,20H2,1-2H3. The third-order valence-electron chi connectivity index (χ3n) is 9.09. The summed E-state index contributed by atoms with van der Waals surface area (Å²) in [5, 5.41) is 0. The van der Waals surface area contributed by atoms with E-state index in [-0.39, 0.29) is 53.6 Å². The number of ether oxygens (including phenoxy) is 2. The highest BCUT2D eigenvalue weighted by Gasteiger charge is 2.29. The largest absolute Gasteiger partial charge is 0.491 e. The highest BCUT2D eigenvalue weighted by atomic mass is 19.2. The van der Waals surface area contributed by atoms with Gasteiger partial charge in [-0.05, 0) is 117 Å². The maximum Gasteiger partial charge on any atom is 0.201 e. The smallest absolute Gasteiger partial charge is 0.201 e. The molecule has 1 atom stereocenters. The summed E-state index contributed by atoms with van der Waals surface area (Å²) >= 11 is 0. The summed E-state index contributed by atoms with van der Waals surface area (Å²) in [6.45, 7) is 4.03. The number of halogens is 6.